The molecule has 0 aliphatic rings. The minimum Gasteiger partial charge on any atom is -0.326 e. The molecule has 1 aromatic heterocycles. The first-order valence-corrected chi connectivity index (χ1v) is 8.17. The highest BCUT2D eigenvalue weighted by molar-refractivity contribution is 8.00. The summed E-state index contributed by atoms with van der Waals surface area (Å²) in [4.78, 5) is 14.4. The summed E-state index contributed by atoms with van der Waals surface area (Å²) in [7, 11) is 1.85. The van der Waals surface area contributed by atoms with Gasteiger partial charge in [-0.25, -0.2) is 0 Å². The van der Waals surface area contributed by atoms with Crippen molar-refractivity contribution in [2.45, 2.75) is 30.8 Å². The van der Waals surface area contributed by atoms with Gasteiger partial charge in [0.25, 0.3) is 0 Å². The Morgan fingerprint density at radius 3 is 2.70 bits per heavy atom. The number of carbonyl (C=O) groups excluding carboxylic acids is 1. The van der Waals surface area contributed by atoms with E-state index < -0.39 is 0 Å². The normalized spacial score (nSPS) is 11.7. The Bertz CT molecular complexity index is 702. The number of hydrogen-bond acceptors (Lipinski definition) is 4. The first-order valence-electron chi connectivity index (χ1n) is 7.29. The number of benzene rings is 1. The molecule has 6 heteroatoms. The molecule has 0 aliphatic carbocycles. The summed E-state index contributed by atoms with van der Waals surface area (Å²) < 4.78 is 1.79. The van der Waals surface area contributed by atoms with E-state index in [1.165, 1.54) is 17.3 Å². The van der Waals surface area contributed by atoms with Crippen molar-refractivity contribution >= 4 is 17.7 Å². The van der Waals surface area contributed by atoms with Crippen LogP contribution in [-0.2, 0) is 18.4 Å². The Morgan fingerprint density at radius 1 is 1.43 bits per heavy atom. The van der Waals surface area contributed by atoms with E-state index in [2.05, 4.69) is 16.1 Å². The minimum absolute atomic E-state index is 0.00322. The molecule has 0 fully saturated rings. The van der Waals surface area contributed by atoms with Gasteiger partial charge in [-0.2, -0.15) is 0 Å². The largest absolute Gasteiger partial charge is 0.326 e. The molecule has 2 aromatic rings. The van der Waals surface area contributed by atoms with Gasteiger partial charge in [-0.1, -0.05) is 47.5 Å². The average molecular weight is 328 g/mol. The Morgan fingerprint density at radius 2 is 2.13 bits per heavy atom. The lowest BCUT2D eigenvalue weighted by Crippen LogP contribution is -2.36. The van der Waals surface area contributed by atoms with Crippen molar-refractivity contribution in [1.82, 2.24) is 19.7 Å². The molecule has 0 bridgehead atoms. The molecule has 0 saturated carbocycles. The van der Waals surface area contributed by atoms with Crippen LogP contribution < -0.4 is 0 Å². The second kappa shape index (κ2) is 7.84. The number of aromatic nitrogens is 3. The number of aryl methyl sites for hydroxylation is 2. The monoisotopic (exact) mass is 328 g/mol. The van der Waals surface area contributed by atoms with Gasteiger partial charge in [0, 0.05) is 13.6 Å². The van der Waals surface area contributed by atoms with E-state index in [4.69, 9.17) is 6.42 Å². The van der Waals surface area contributed by atoms with Gasteiger partial charge in [0.15, 0.2) is 5.16 Å². The summed E-state index contributed by atoms with van der Waals surface area (Å²) in [5, 5.41) is 8.26. The topological polar surface area (TPSA) is 51.0 Å². The van der Waals surface area contributed by atoms with E-state index in [-0.39, 0.29) is 17.7 Å². The van der Waals surface area contributed by atoms with Gasteiger partial charge in [0.2, 0.25) is 5.91 Å². The lowest BCUT2D eigenvalue weighted by atomic mass is 10.1. The number of amides is 1. The molecule has 0 radical (unpaired) electrons. The number of rotatable bonds is 6. The molecular weight excluding hydrogens is 308 g/mol. The third kappa shape index (κ3) is 4.60. The van der Waals surface area contributed by atoms with Crippen molar-refractivity contribution in [2.24, 2.45) is 7.05 Å². The molecule has 5 nitrogen and oxygen atoms in total. The maximum absolute atomic E-state index is 12.7. The SMILES string of the molecule is C#CCN(Cc1ccc(C)cc1)C(=O)[C@@H](C)Sc1nncn1C. The molecule has 0 unspecified atom stereocenters. The Kier molecular flexibility index (Phi) is 5.83. The van der Waals surface area contributed by atoms with Crippen molar-refractivity contribution in [3.8, 4) is 12.3 Å². The second-order valence-electron chi connectivity index (χ2n) is 5.37. The van der Waals surface area contributed by atoms with Crippen LogP contribution in [0.5, 0.6) is 0 Å². The molecule has 0 aliphatic heterocycles. The van der Waals surface area contributed by atoms with Gasteiger partial charge in [-0.05, 0) is 19.4 Å². The quantitative estimate of drug-likeness (QED) is 0.603. The van der Waals surface area contributed by atoms with Crippen LogP contribution in [0.3, 0.4) is 0 Å². The van der Waals surface area contributed by atoms with Gasteiger partial charge < -0.3 is 9.47 Å². The molecule has 0 N–H and O–H groups in total. The van der Waals surface area contributed by atoms with E-state index in [1.54, 1.807) is 15.8 Å². The van der Waals surface area contributed by atoms with E-state index in [0.29, 0.717) is 11.7 Å². The van der Waals surface area contributed by atoms with Gasteiger partial charge in [0.1, 0.15) is 6.33 Å². The molecule has 1 atom stereocenters. The van der Waals surface area contributed by atoms with Crippen molar-refractivity contribution < 1.29 is 4.79 Å². The molecule has 120 valence electrons. The zero-order valence-corrected chi connectivity index (χ0v) is 14.4. The van der Waals surface area contributed by atoms with Crippen molar-refractivity contribution in [3.63, 3.8) is 0 Å². The third-order valence-corrected chi connectivity index (χ3v) is 4.52. The molecule has 1 heterocycles. The second-order valence-corrected chi connectivity index (χ2v) is 6.68. The highest BCUT2D eigenvalue weighted by atomic mass is 32.2. The summed E-state index contributed by atoms with van der Waals surface area (Å²) in [5.41, 5.74) is 2.25. The van der Waals surface area contributed by atoms with Crippen LogP contribution in [0.1, 0.15) is 18.1 Å². The fourth-order valence-corrected chi connectivity index (χ4v) is 2.95. The zero-order valence-electron chi connectivity index (χ0n) is 13.6. The van der Waals surface area contributed by atoms with Crippen LogP contribution >= 0.6 is 11.8 Å². The fourth-order valence-electron chi connectivity index (χ4n) is 2.08. The maximum atomic E-state index is 12.7. The van der Waals surface area contributed by atoms with Gasteiger partial charge in [-0.3, -0.25) is 4.79 Å². The molecule has 0 saturated heterocycles. The van der Waals surface area contributed by atoms with Crippen molar-refractivity contribution in [3.05, 3.63) is 41.7 Å². The van der Waals surface area contributed by atoms with Crippen LogP contribution in [0.4, 0.5) is 0 Å². The highest BCUT2D eigenvalue weighted by Gasteiger charge is 2.22. The number of carbonyl (C=O) groups is 1. The summed E-state index contributed by atoms with van der Waals surface area (Å²) in [6.45, 7) is 4.69. The van der Waals surface area contributed by atoms with E-state index >= 15 is 0 Å². The molecule has 1 amide bonds. The zero-order chi connectivity index (χ0) is 16.8. The number of hydrogen-bond donors (Lipinski definition) is 0. The van der Waals surface area contributed by atoms with Crippen LogP contribution in [0, 0.1) is 19.3 Å². The third-order valence-electron chi connectivity index (χ3n) is 3.39. The Hall–Kier alpha value is -2.26. The van der Waals surface area contributed by atoms with Gasteiger partial charge >= 0.3 is 0 Å². The molecular formula is C17H20N4OS. The summed E-state index contributed by atoms with van der Waals surface area (Å²) in [5.74, 6) is 2.56. The lowest BCUT2D eigenvalue weighted by molar-refractivity contribution is -0.130. The van der Waals surface area contributed by atoms with Crippen molar-refractivity contribution in [2.75, 3.05) is 6.54 Å². The molecule has 0 spiro atoms. The Balaban J connectivity index is 2.06. The van der Waals surface area contributed by atoms with Crippen LogP contribution in [-0.4, -0.2) is 37.4 Å². The first-order chi connectivity index (χ1) is 11.0. The van der Waals surface area contributed by atoms with Gasteiger partial charge in [0.05, 0.1) is 11.8 Å². The maximum Gasteiger partial charge on any atom is 0.236 e. The van der Waals surface area contributed by atoms with Gasteiger partial charge in [-0.15, -0.1) is 16.6 Å². The minimum atomic E-state index is -0.281. The van der Waals surface area contributed by atoms with Crippen LogP contribution in [0.25, 0.3) is 0 Å². The predicted octanol–water partition coefficient (Wildman–Crippen LogP) is 2.27. The molecule has 23 heavy (non-hydrogen) atoms. The standard InChI is InChI=1S/C17H20N4OS/c1-5-10-21(11-15-8-6-13(2)7-9-15)16(22)14(3)23-17-19-18-12-20(17)4/h1,6-9,12,14H,10-11H2,2-4H3/t14-/m1/s1. The summed E-state index contributed by atoms with van der Waals surface area (Å²) in [6.07, 6.45) is 7.04. The van der Waals surface area contributed by atoms with E-state index in [1.807, 2.05) is 45.2 Å². The smallest absolute Gasteiger partial charge is 0.236 e. The van der Waals surface area contributed by atoms with Crippen LogP contribution in [0.15, 0.2) is 35.7 Å². The fraction of sp³-hybridized carbons (Fsp3) is 0.353. The van der Waals surface area contributed by atoms with E-state index in [0.717, 1.165) is 5.56 Å². The predicted molar refractivity (Wildman–Crippen MR) is 91.8 cm³/mol. The highest BCUT2D eigenvalue weighted by Crippen LogP contribution is 2.22. The summed E-state index contributed by atoms with van der Waals surface area (Å²) in [6, 6.07) is 8.11. The van der Waals surface area contributed by atoms with Crippen LogP contribution in [0.2, 0.25) is 0 Å². The number of thioether (sulfide) groups is 1. The molecule has 1 aromatic carbocycles. The summed E-state index contributed by atoms with van der Waals surface area (Å²) >= 11 is 1.38. The molecule has 2 rings (SSSR count). The lowest BCUT2D eigenvalue weighted by Gasteiger charge is -2.23. The first kappa shape index (κ1) is 17.1. The number of terminal acetylenes is 1. The van der Waals surface area contributed by atoms with E-state index in [9.17, 15) is 4.79 Å². The Labute approximate surface area is 141 Å². The average Bonchev–Trinajstić information content (AvgIpc) is 2.93. The van der Waals surface area contributed by atoms with Crippen molar-refractivity contribution in [1.29, 1.82) is 0 Å². The number of nitrogens with zero attached hydrogens (tertiary/aromatic N) is 4.